The molecule has 0 radical (unpaired) electrons. The molecule has 0 fully saturated rings. The van der Waals surface area contributed by atoms with E-state index in [1.165, 1.54) is 28.0 Å². The Labute approximate surface area is 139 Å². The highest BCUT2D eigenvalue weighted by atomic mass is 16.5. The van der Waals surface area contributed by atoms with Crippen molar-refractivity contribution in [3.05, 3.63) is 77.0 Å². The minimum absolute atomic E-state index is 0.314. The van der Waals surface area contributed by atoms with Crippen LogP contribution in [0.25, 0.3) is 5.57 Å². The van der Waals surface area contributed by atoms with E-state index in [1.54, 1.807) is 0 Å². The predicted octanol–water partition coefficient (Wildman–Crippen LogP) is 4.50. The summed E-state index contributed by atoms with van der Waals surface area (Å²) in [7, 11) is 0. The van der Waals surface area contributed by atoms with Gasteiger partial charge in [-0.15, -0.1) is 0 Å². The molecule has 1 aromatic rings. The zero-order chi connectivity index (χ0) is 16.2. The first-order chi connectivity index (χ1) is 11.2. The standard InChI is InChI=1S/C21H25NO/c1-4-23-13-12-22-17(3)21(18-10-7-8-16(2)14-18)19-9-5-6-11-20(22)15-19/h5-11,14-15,20H,4,12-13H2,1-3H3. The lowest BCUT2D eigenvalue weighted by atomic mass is 9.90. The van der Waals surface area contributed by atoms with Crippen LogP contribution in [0.5, 0.6) is 0 Å². The molecule has 2 aliphatic rings. The van der Waals surface area contributed by atoms with Crippen molar-refractivity contribution in [3.8, 4) is 0 Å². The summed E-state index contributed by atoms with van der Waals surface area (Å²) in [5, 5.41) is 0. The molecule has 0 saturated carbocycles. The Kier molecular flexibility index (Phi) is 4.82. The summed E-state index contributed by atoms with van der Waals surface area (Å²) in [6, 6.07) is 9.08. The number of hydrogen-bond donors (Lipinski definition) is 0. The number of aryl methyl sites for hydroxylation is 1. The van der Waals surface area contributed by atoms with E-state index in [0.29, 0.717) is 6.04 Å². The molecule has 0 spiro atoms. The maximum Gasteiger partial charge on any atom is 0.0667 e. The normalized spacial score (nSPS) is 19.9. The van der Waals surface area contributed by atoms with Gasteiger partial charge in [0.1, 0.15) is 0 Å². The fourth-order valence-corrected chi connectivity index (χ4v) is 3.37. The minimum Gasteiger partial charge on any atom is -0.380 e. The maximum atomic E-state index is 5.59. The van der Waals surface area contributed by atoms with Gasteiger partial charge in [-0.25, -0.2) is 0 Å². The quantitative estimate of drug-likeness (QED) is 0.743. The van der Waals surface area contributed by atoms with Crippen molar-refractivity contribution in [1.29, 1.82) is 0 Å². The number of rotatable bonds is 5. The van der Waals surface area contributed by atoms with E-state index < -0.39 is 0 Å². The summed E-state index contributed by atoms with van der Waals surface area (Å²) in [5.74, 6) is 0. The molecule has 0 saturated heterocycles. The molecule has 23 heavy (non-hydrogen) atoms. The zero-order valence-corrected chi connectivity index (χ0v) is 14.3. The van der Waals surface area contributed by atoms with Gasteiger partial charge < -0.3 is 9.64 Å². The molecule has 1 heterocycles. The van der Waals surface area contributed by atoms with Crippen LogP contribution in [0.2, 0.25) is 0 Å². The average Bonchev–Trinajstić information content (AvgIpc) is 2.75. The average molecular weight is 307 g/mol. The van der Waals surface area contributed by atoms with Crippen molar-refractivity contribution in [2.75, 3.05) is 19.8 Å². The summed E-state index contributed by atoms with van der Waals surface area (Å²) in [4.78, 5) is 2.44. The Morgan fingerprint density at radius 3 is 2.83 bits per heavy atom. The van der Waals surface area contributed by atoms with Gasteiger partial charge in [-0.05, 0) is 31.9 Å². The second kappa shape index (κ2) is 7.01. The summed E-state index contributed by atoms with van der Waals surface area (Å²) >= 11 is 0. The smallest absolute Gasteiger partial charge is 0.0667 e. The van der Waals surface area contributed by atoms with E-state index in [9.17, 15) is 0 Å². The van der Waals surface area contributed by atoms with E-state index >= 15 is 0 Å². The third kappa shape index (κ3) is 3.32. The van der Waals surface area contributed by atoms with Gasteiger partial charge in [0.15, 0.2) is 0 Å². The number of benzene rings is 1. The topological polar surface area (TPSA) is 12.5 Å². The first kappa shape index (κ1) is 15.8. The molecule has 1 aliphatic heterocycles. The molecule has 0 N–H and O–H groups in total. The SMILES string of the molecule is CCOCCN1C(C)=C(c2cccc(C)c2)C2=CC1C=CC=C2. The minimum atomic E-state index is 0.314. The molecule has 1 unspecified atom stereocenters. The van der Waals surface area contributed by atoms with Gasteiger partial charge in [0, 0.05) is 24.4 Å². The van der Waals surface area contributed by atoms with E-state index in [4.69, 9.17) is 4.74 Å². The molecule has 2 bridgehead atoms. The van der Waals surface area contributed by atoms with Crippen molar-refractivity contribution >= 4 is 5.57 Å². The van der Waals surface area contributed by atoms with Crippen molar-refractivity contribution in [2.24, 2.45) is 0 Å². The summed E-state index contributed by atoms with van der Waals surface area (Å²) in [6.45, 7) is 8.87. The first-order valence-electron chi connectivity index (χ1n) is 8.40. The van der Waals surface area contributed by atoms with E-state index in [2.05, 4.69) is 73.4 Å². The number of ether oxygens (including phenoxy) is 1. The van der Waals surface area contributed by atoms with Crippen molar-refractivity contribution < 1.29 is 4.74 Å². The molecular weight excluding hydrogens is 282 g/mol. The van der Waals surface area contributed by atoms with Crippen LogP contribution in [-0.2, 0) is 4.74 Å². The van der Waals surface area contributed by atoms with Crippen molar-refractivity contribution in [2.45, 2.75) is 26.8 Å². The lowest BCUT2D eigenvalue weighted by Gasteiger charge is -2.36. The molecule has 0 aromatic heterocycles. The zero-order valence-electron chi connectivity index (χ0n) is 14.3. The van der Waals surface area contributed by atoms with Crippen LogP contribution in [0.1, 0.15) is 25.0 Å². The number of fused-ring (bicyclic) bond motifs is 1. The fraction of sp³-hybridized carbons (Fsp3) is 0.333. The lowest BCUT2D eigenvalue weighted by Crippen LogP contribution is -2.36. The molecule has 2 heteroatoms. The van der Waals surface area contributed by atoms with Gasteiger partial charge in [0.2, 0.25) is 0 Å². The Morgan fingerprint density at radius 2 is 2.04 bits per heavy atom. The van der Waals surface area contributed by atoms with Gasteiger partial charge >= 0.3 is 0 Å². The summed E-state index contributed by atoms with van der Waals surface area (Å²) < 4.78 is 5.59. The van der Waals surface area contributed by atoms with Crippen LogP contribution in [0.3, 0.4) is 0 Å². The molecule has 1 atom stereocenters. The molecule has 1 aliphatic carbocycles. The Hall–Kier alpha value is -2.06. The Morgan fingerprint density at radius 1 is 1.17 bits per heavy atom. The summed E-state index contributed by atoms with van der Waals surface area (Å²) in [5.41, 5.74) is 6.56. The Bertz CT molecular complexity index is 694. The van der Waals surface area contributed by atoms with Crippen LogP contribution in [-0.4, -0.2) is 30.7 Å². The van der Waals surface area contributed by atoms with Crippen LogP contribution in [0.15, 0.2) is 65.9 Å². The number of nitrogens with zero attached hydrogens (tertiary/aromatic N) is 1. The molecule has 1 aromatic carbocycles. The van der Waals surface area contributed by atoms with E-state index in [1.807, 2.05) is 6.92 Å². The third-order valence-corrected chi connectivity index (χ3v) is 4.47. The number of hydrogen-bond acceptors (Lipinski definition) is 2. The van der Waals surface area contributed by atoms with Gasteiger partial charge in [0.05, 0.1) is 12.6 Å². The van der Waals surface area contributed by atoms with Crippen LogP contribution in [0.4, 0.5) is 0 Å². The lowest BCUT2D eigenvalue weighted by molar-refractivity contribution is 0.121. The highest BCUT2D eigenvalue weighted by molar-refractivity contribution is 5.85. The van der Waals surface area contributed by atoms with Gasteiger partial charge in [0.25, 0.3) is 0 Å². The van der Waals surface area contributed by atoms with Crippen LogP contribution >= 0.6 is 0 Å². The van der Waals surface area contributed by atoms with Gasteiger partial charge in [-0.1, -0.05) is 60.2 Å². The molecule has 3 rings (SSSR count). The Balaban J connectivity index is 2.01. The molecule has 0 amide bonds. The molecular formula is C21H25NO. The van der Waals surface area contributed by atoms with E-state index in [0.717, 1.165) is 19.8 Å². The highest BCUT2D eigenvalue weighted by Gasteiger charge is 2.25. The largest absolute Gasteiger partial charge is 0.380 e. The predicted molar refractivity (Wildman–Crippen MR) is 97.1 cm³/mol. The third-order valence-electron chi connectivity index (χ3n) is 4.47. The fourth-order valence-electron chi connectivity index (χ4n) is 3.37. The monoisotopic (exact) mass is 307 g/mol. The highest BCUT2D eigenvalue weighted by Crippen LogP contribution is 2.36. The van der Waals surface area contributed by atoms with Crippen LogP contribution < -0.4 is 0 Å². The number of allylic oxidation sites excluding steroid dienone is 6. The molecule has 120 valence electrons. The summed E-state index contributed by atoms with van der Waals surface area (Å²) in [6.07, 6.45) is 11.1. The molecule has 2 nitrogen and oxygen atoms in total. The second-order valence-corrected chi connectivity index (χ2v) is 6.08. The van der Waals surface area contributed by atoms with Gasteiger partial charge in [-0.2, -0.15) is 0 Å². The van der Waals surface area contributed by atoms with Gasteiger partial charge in [-0.3, -0.25) is 0 Å². The van der Waals surface area contributed by atoms with Crippen molar-refractivity contribution in [3.63, 3.8) is 0 Å². The van der Waals surface area contributed by atoms with Crippen molar-refractivity contribution in [1.82, 2.24) is 4.90 Å². The second-order valence-electron chi connectivity index (χ2n) is 6.08. The first-order valence-corrected chi connectivity index (χ1v) is 8.40. The maximum absolute atomic E-state index is 5.59. The van der Waals surface area contributed by atoms with E-state index in [-0.39, 0.29) is 0 Å². The van der Waals surface area contributed by atoms with Crippen LogP contribution in [0, 0.1) is 6.92 Å².